The summed E-state index contributed by atoms with van der Waals surface area (Å²) in [6, 6.07) is 0. The smallest absolute Gasteiger partial charge is 0.363 e. The molecule has 2 aliphatic carbocycles. The van der Waals surface area contributed by atoms with Gasteiger partial charge in [-0.1, -0.05) is 77.2 Å². The SMILES string of the molecule is C/C=C(\CCC)OB(C1CCCCC1)C1CCCCC1. The summed E-state index contributed by atoms with van der Waals surface area (Å²) in [5.74, 6) is 2.92. The van der Waals surface area contributed by atoms with Crippen LogP contribution in [0.2, 0.25) is 11.6 Å². The molecule has 0 atom stereocenters. The molecule has 0 N–H and O–H groups in total. The Morgan fingerprint density at radius 2 is 1.45 bits per heavy atom. The Hall–Kier alpha value is -0.395. The van der Waals surface area contributed by atoms with Crippen molar-refractivity contribution in [2.45, 2.75) is 103 Å². The molecule has 2 fully saturated rings. The second-order valence-electron chi connectivity index (χ2n) is 6.88. The lowest BCUT2D eigenvalue weighted by molar-refractivity contribution is 0.341. The molecule has 0 unspecified atom stereocenters. The summed E-state index contributed by atoms with van der Waals surface area (Å²) in [5.41, 5.74) is 0. The molecule has 20 heavy (non-hydrogen) atoms. The average molecular weight is 276 g/mol. The van der Waals surface area contributed by atoms with Gasteiger partial charge in [-0.3, -0.25) is 0 Å². The zero-order chi connectivity index (χ0) is 14.2. The third-order valence-corrected chi connectivity index (χ3v) is 5.33. The van der Waals surface area contributed by atoms with Gasteiger partial charge < -0.3 is 4.65 Å². The maximum Gasteiger partial charge on any atom is 0.363 e. The lowest BCUT2D eigenvalue weighted by atomic mass is 9.41. The summed E-state index contributed by atoms with van der Waals surface area (Å²) in [6.07, 6.45) is 18.7. The third kappa shape index (κ3) is 4.57. The molecule has 0 heterocycles. The van der Waals surface area contributed by atoms with Gasteiger partial charge in [0.15, 0.2) is 0 Å². The van der Waals surface area contributed by atoms with E-state index in [4.69, 9.17) is 4.65 Å². The largest absolute Gasteiger partial charge is 0.563 e. The molecule has 114 valence electrons. The number of hydrogen-bond acceptors (Lipinski definition) is 1. The van der Waals surface area contributed by atoms with Crippen molar-refractivity contribution in [3.63, 3.8) is 0 Å². The van der Waals surface area contributed by atoms with Gasteiger partial charge in [0.1, 0.15) is 0 Å². The van der Waals surface area contributed by atoms with Gasteiger partial charge in [0.25, 0.3) is 0 Å². The first-order valence-corrected chi connectivity index (χ1v) is 9.17. The second-order valence-corrected chi connectivity index (χ2v) is 6.88. The molecular formula is C18H33BO. The summed E-state index contributed by atoms with van der Waals surface area (Å²) in [7, 11) is 0. The molecule has 2 aliphatic rings. The van der Waals surface area contributed by atoms with Gasteiger partial charge in [-0.15, -0.1) is 0 Å². The van der Waals surface area contributed by atoms with E-state index in [2.05, 4.69) is 19.9 Å². The van der Waals surface area contributed by atoms with Crippen LogP contribution in [0.25, 0.3) is 0 Å². The van der Waals surface area contributed by atoms with E-state index in [9.17, 15) is 0 Å². The van der Waals surface area contributed by atoms with Crippen LogP contribution in [0.5, 0.6) is 0 Å². The van der Waals surface area contributed by atoms with Gasteiger partial charge in [0.2, 0.25) is 0 Å². The highest BCUT2D eigenvalue weighted by atomic mass is 16.4. The maximum atomic E-state index is 6.58. The van der Waals surface area contributed by atoms with E-state index >= 15 is 0 Å². The van der Waals surface area contributed by atoms with Crippen LogP contribution in [0.15, 0.2) is 11.8 Å². The van der Waals surface area contributed by atoms with Gasteiger partial charge in [0, 0.05) is 6.42 Å². The summed E-state index contributed by atoms with van der Waals surface area (Å²) in [4.78, 5) is 0. The van der Waals surface area contributed by atoms with E-state index < -0.39 is 0 Å². The van der Waals surface area contributed by atoms with Crippen LogP contribution in [0, 0.1) is 0 Å². The fourth-order valence-electron chi connectivity index (χ4n) is 4.20. The van der Waals surface area contributed by atoms with Gasteiger partial charge in [-0.05, 0) is 25.0 Å². The third-order valence-electron chi connectivity index (χ3n) is 5.33. The minimum atomic E-state index is 0.522. The van der Waals surface area contributed by atoms with Gasteiger partial charge in [-0.25, -0.2) is 0 Å². The average Bonchev–Trinajstić information content (AvgIpc) is 2.53. The van der Waals surface area contributed by atoms with Crippen LogP contribution in [0.3, 0.4) is 0 Å². The highest BCUT2D eigenvalue weighted by Gasteiger charge is 2.38. The van der Waals surface area contributed by atoms with Crippen molar-refractivity contribution in [1.29, 1.82) is 0 Å². The molecule has 0 amide bonds. The lowest BCUT2D eigenvalue weighted by Crippen LogP contribution is -2.33. The number of hydrogen-bond donors (Lipinski definition) is 0. The molecular weight excluding hydrogens is 243 g/mol. The minimum Gasteiger partial charge on any atom is -0.563 e. The first-order chi connectivity index (χ1) is 9.85. The molecule has 0 aromatic rings. The molecule has 2 rings (SSSR count). The molecule has 0 radical (unpaired) electrons. The Morgan fingerprint density at radius 1 is 0.950 bits per heavy atom. The highest BCUT2D eigenvalue weighted by molar-refractivity contribution is 6.55. The van der Waals surface area contributed by atoms with E-state index in [0.717, 1.165) is 18.1 Å². The molecule has 2 heteroatoms. The minimum absolute atomic E-state index is 0.522. The Kier molecular flexibility index (Phi) is 7.03. The van der Waals surface area contributed by atoms with Crippen LogP contribution < -0.4 is 0 Å². The number of allylic oxidation sites excluding steroid dienone is 2. The quantitative estimate of drug-likeness (QED) is 0.404. The maximum absolute atomic E-state index is 6.58. The van der Waals surface area contributed by atoms with E-state index in [0.29, 0.717) is 6.92 Å². The second kappa shape index (κ2) is 8.80. The van der Waals surface area contributed by atoms with E-state index in [1.165, 1.54) is 76.4 Å². The monoisotopic (exact) mass is 276 g/mol. The molecule has 0 spiro atoms. The Morgan fingerprint density at radius 3 is 1.85 bits per heavy atom. The van der Waals surface area contributed by atoms with Crippen molar-refractivity contribution in [2.24, 2.45) is 0 Å². The van der Waals surface area contributed by atoms with Gasteiger partial charge >= 0.3 is 6.92 Å². The summed E-state index contributed by atoms with van der Waals surface area (Å²) in [6.45, 7) is 4.92. The highest BCUT2D eigenvalue weighted by Crippen LogP contribution is 2.42. The Labute approximate surface area is 126 Å². The van der Waals surface area contributed by atoms with Crippen LogP contribution >= 0.6 is 0 Å². The molecule has 2 saturated carbocycles. The lowest BCUT2D eigenvalue weighted by Gasteiger charge is -2.35. The van der Waals surface area contributed by atoms with Crippen molar-refractivity contribution in [2.75, 3.05) is 0 Å². The molecule has 0 bridgehead atoms. The predicted octanol–water partition coefficient (Wildman–Crippen LogP) is 6.37. The van der Waals surface area contributed by atoms with Crippen molar-refractivity contribution >= 4 is 6.92 Å². The van der Waals surface area contributed by atoms with Crippen LogP contribution in [-0.4, -0.2) is 6.92 Å². The summed E-state index contributed by atoms with van der Waals surface area (Å²) < 4.78 is 6.58. The topological polar surface area (TPSA) is 9.23 Å². The first kappa shape index (κ1) is 16.0. The zero-order valence-corrected chi connectivity index (χ0v) is 13.7. The van der Waals surface area contributed by atoms with E-state index in [-0.39, 0.29) is 0 Å². The van der Waals surface area contributed by atoms with Crippen LogP contribution in [0.4, 0.5) is 0 Å². The molecule has 0 aliphatic heterocycles. The van der Waals surface area contributed by atoms with Gasteiger partial charge in [-0.2, -0.15) is 0 Å². The van der Waals surface area contributed by atoms with Crippen LogP contribution in [-0.2, 0) is 4.65 Å². The Bertz CT molecular complexity index is 270. The van der Waals surface area contributed by atoms with Crippen molar-refractivity contribution in [3.8, 4) is 0 Å². The molecule has 0 aromatic heterocycles. The summed E-state index contributed by atoms with van der Waals surface area (Å²) >= 11 is 0. The van der Waals surface area contributed by atoms with Crippen molar-refractivity contribution in [3.05, 3.63) is 11.8 Å². The van der Waals surface area contributed by atoms with E-state index in [1.807, 2.05) is 0 Å². The first-order valence-electron chi connectivity index (χ1n) is 9.17. The molecule has 1 nitrogen and oxygen atoms in total. The fraction of sp³-hybridized carbons (Fsp3) is 0.889. The fourth-order valence-corrected chi connectivity index (χ4v) is 4.20. The predicted molar refractivity (Wildman–Crippen MR) is 89.2 cm³/mol. The standard InChI is InChI=1S/C18H33BO/c1-3-11-18(4-2)20-19(16-12-7-5-8-13-16)17-14-9-6-10-15-17/h4,16-17H,3,5-15H2,1-2H3/b18-4+. The molecule has 0 saturated heterocycles. The van der Waals surface area contributed by atoms with Crippen molar-refractivity contribution < 1.29 is 4.65 Å². The number of rotatable bonds is 6. The van der Waals surface area contributed by atoms with Gasteiger partial charge in [0.05, 0.1) is 5.76 Å². The normalized spacial score (nSPS) is 22.8. The molecule has 0 aromatic carbocycles. The van der Waals surface area contributed by atoms with E-state index in [1.54, 1.807) is 0 Å². The summed E-state index contributed by atoms with van der Waals surface area (Å²) in [5, 5.41) is 0. The zero-order valence-electron chi connectivity index (χ0n) is 13.7. The van der Waals surface area contributed by atoms with Crippen LogP contribution in [0.1, 0.15) is 90.9 Å². The van der Waals surface area contributed by atoms with Crippen molar-refractivity contribution in [1.82, 2.24) is 0 Å². The Balaban J connectivity index is 2.01.